The molecule has 0 aromatic carbocycles. The largest absolute Gasteiger partial charge is 0.366 e. The Balaban J connectivity index is 1.85. The first-order chi connectivity index (χ1) is 9.29. The second-order valence-corrected chi connectivity index (χ2v) is 6.88. The lowest BCUT2D eigenvalue weighted by Crippen LogP contribution is -2.35. The van der Waals surface area contributed by atoms with Crippen LogP contribution in [-0.4, -0.2) is 11.4 Å². The molecule has 1 aromatic rings. The van der Waals surface area contributed by atoms with Gasteiger partial charge in [0.25, 0.3) is 0 Å². The summed E-state index contributed by atoms with van der Waals surface area (Å²) in [4.78, 5) is 3.97. The molecule has 2 heteroatoms. The van der Waals surface area contributed by atoms with Gasteiger partial charge in [0, 0.05) is 23.0 Å². The van der Waals surface area contributed by atoms with E-state index < -0.39 is 0 Å². The summed E-state index contributed by atoms with van der Waals surface area (Å²) in [7, 11) is 0. The van der Waals surface area contributed by atoms with Crippen molar-refractivity contribution in [1.82, 2.24) is 4.90 Å². The molecule has 0 N–H and O–H groups in total. The number of rotatable bonds is 3. The summed E-state index contributed by atoms with van der Waals surface area (Å²) in [6.45, 7) is 10.2. The number of hydrogen-bond donors (Lipinski definition) is 0. The van der Waals surface area contributed by atoms with Gasteiger partial charge >= 0.3 is 0 Å². The Morgan fingerprint density at radius 1 is 1.32 bits per heavy atom. The van der Waals surface area contributed by atoms with Gasteiger partial charge in [-0.15, -0.1) is 11.3 Å². The van der Waals surface area contributed by atoms with Gasteiger partial charge < -0.3 is 4.90 Å². The molecule has 0 amide bonds. The van der Waals surface area contributed by atoms with Crippen molar-refractivity contribution in [3.8, 4) is 0 Å². The molecule has 0 radical (unpaired) electrons. The molecule has 102 valence electrons. The van der Waals surface area contributed by atoms with E-state index in [1.54, 1.807) is 10.4 Å². The summed E-state index contributed by atoms with van der Waals surface area (Å²) < 4.78 is 0. The third-order valence-electron chi connectivity index (χ3n) is 4.79. The Kier molecular flexibility index (Phi) is 3.79. The summed E-state index contributed by atoms with van der Waals surface area (Å²) in [5.41, 5.74) is 2.71. The Hall–Kier alpha value is -1.02. The van der Waals surface area contributed by atoms with Gasteiger partial charge in [-0.2, -0.15) is 0 Å². The normalized spacial score (nSPS) is 24.0. The van der Waals surface area contributed by atoms with Crippen molar-refractivity contribution in [3.63, 3.8) is 0 Å². The van der Waals surface area contributed by atoms with Crippen molar-refractivity contribution in [3.05, 3.63) is 46.8 Å². The first-order valence-corrected chi connectivity index (χ1v) is 8.30. The van der Waals surface area contributed by atoms with Crippen molar-refractivity contribution in [2.24, 2.45) is 5.92 Å². The average molecular weight is 273 g/mol. The number of allylic oxidation sites excluding steroid dienone is 1. The van der Waals surface area contributed by atoms with E-state index in [1.165, 1.54) is 32.1 Å². The van der Waals surface area contributed by atoms with Crippen LogP contribution in [0.5, 0.6) is 0 Å². The molecule has 0 bridgehead atoms. The zero-order valence-electron chi connectivity index (χ0n) is 11.6. The Morgan fingerprint density at radius 2 is 2.11 bits per heavy atom. The predicted molar refractivity (Wildman–Crippen MR) is 83.4 cm³/mol. The number of hydrogen-bond acceptors (Lipinski definition) is 2. The van der Waals surface area contributed by atoms with E-state index in [2.05, 4.69) is 29.5 Å². The highest BCUT2D eigenvalue weighted by molar-refractivity contribution is 7.10. The highest BCUT2D eigenvalue weighted by Gasteiger charge is 2.32. The third-order valence-corrected chi connectivity index (χ3v) is 5.71. The molecule has 1 fully saturated rings. The highest BCUT2D eigenvalue weighted by atomic mass is 32.1. The van der Waals surface area contributed by atoms with Gasteiger partial charge in [-0.1, -0.05) is 32.4 Å². The maximum Gasteiger partial charge on any atom is 0.0525 e. The van der Waals surface area contributed by atoms with Crippen LogP contribution < -0.4 is 0 Å². The molecular weight excluding hydrogens is 250 g/mol. The zero-order valence-corrected chi connectivity index (χ0v) is 12.4. The van der Waals surface area contributed by atoms with Crippen LogP contribution in [0.3, 0.4) is 0 Å². The molecule has 1 saturated carbocycles. The van der Waals surface area contributed by atoms with Crippen molar-refractivity contribution >= 4 is 11.3 Å². The fourth-order valence-electron chi connectivity index (χ4n) is 3.67. The van der Waals surface area contributed by atoms with Crippen LogP contribution in [0.2, 0.25) is 0 Å². The molecule has 1 aromatic heterocycles. The van der Waals surface area contributed by atoms with Gasteiger partial charge in [0.1, 0.15) is 0 Å². The van der Waals surface area contributed by atoms with E-state index in [0.29, 0.717) is 5.92 Å². The Bertz CT molecular complexity index is 467. The SMILES string of the molecule is C=CC(=C)N1Cc2sccc2C(C2CCCCC2)C1. The van der Waals surface area contributed by atoms with Crippen LogP contribution >= 0.6 is 11.3 Å². The number of nitrogens with zero attached hydrogens (tertiary/aromatic N) is 1. The van der Waals surface area contributed by atoms with Gasteiger partial charge in [0.05, 0.1) is 6.54 Å². The summed E-state index contributed by atoms with van der Waals surface area (Å²) in [6.07, 6.45) is 8.99. The van der Waals surface area contributed by atoms with E-state index in [9.17, 15) is 0 Å². The van der Waals surface area contributed by atoms with Crippen molar-refractivity contribution in [1.29, 1.82) is 0 Å². The molecule has 2 aliphatic rings. The molecule has 1 aliphatic carbocycles. The summed E-state index contributed by atoms with van der Waals surface area (Å²) >= 11 is 1.91. The van der Waals surface area contributed by atoms with Gasteiger partial charge in [-0.25, -0.2) is 0 Å². The van der Waals surface area contributed by atoms with Gasteiger partial charge in [-0.05, 0) is 41.8 Å². The molecule has 1 aliphatic heterocycles. The number of fused-ring (bicyclic) bond motifs is 1. The Labute approximate surface area is 120 Å². The van der Waals surface area contributed by atoms with Gasteiger partial charge in [0.2, 0.25) is 0 Å². The van der Waals surface area contributed by atoms with Crippen molar-refractivity contribution in [2.75, 3.05) is 6.54 Å². The molecule has 0 saturated heterocycles. The third kappa shape index (κ3) is 2.51. The topological polar surface area (TPSA) is 3.24 Å². The fraction of sp³-hybridized carbons (Fsp3) is 0.529. The van der Waals surface area contributed by atoms with E-state index in [1.807, 2.05) is 17.4 Å². The molecule has 0 spiro atoms. The molecule has 3 rings (SSSR count). The van der Waals surface area contributed by atoms with Crippen LogP contribution in [0.4, 0.5) is 0 Å². The first-order valence-electron chi connectivity index (χ1n) is 7.42. The van der Waals surface area contributed by atoms with Crippen LogP contribution in [0.25, 0.3) is 0 Å². The summed E-state index contributed by atoms with van der Waals surface area (Å²) in [5.74, 6) is 1.59. The molecule has 1 nitrogen and oxygen atoms in total. The second kappa shape index (κ2) is 5.54. The van der Waals surface area contributed by atoms with E-state index in [-0.39, 0.29) is 0 Å². The summed E-state index contributed by atoms with van der Waals surface area (Å²) in [5, 5.41) is 2.26. The Morgan fingerprint density at radius 3 is 2.84 bits per heavy atom. The lowest BCUT2D eigenvalue weighted by atomic mass is 9.75. The van der Waals surface area contributed by atoms with Gasteiger partial charge in [-0.3, -0.25) is 0 Å². The quantitative estimate of drug-likeness (QED) is 0.706. The maximum absolute atomic E-state index is 4.15. The molecule has 2 heterocycles. The second-order valence-electron chi connectivity index (χ2n) is 5.88. The van der Waals surface area contributed by atoms with Crippen LogP contribution in [0.1, 0.15) is 48.5 Å². The fourth-order valence-corrected chi connectivity index (χ4v) is 4.64. The van der Waals surface area contributed by atoms with E-state index in [0.717, 1.165) is 24.7 Å². The lowest BCUT2D eigenvalue weighted by Gasteiger charge is -2.39. The predicted octanol–water partition coefficient (Wildman–Crippen LogP) is 4.93. The van der Waals surface area contributed by atoms with Crippen molar-refractivity contribution < 1.29 is 0 Å². The minimum atomic E-state index is 0.715. The monoisotopic (exact) mass is 273 g/mol. The standard InChI is InChI=1S/C17H23NS/c1-3-13(2)18-11-16(14-7-5-4-6-8-14)15-9-10-19-17(15)12-18/h3,9-10,14,16H,1-2,4-8,11-12H2. The molecule has 1 unspecified atom stereocenters. The summed E-state index contributed by atoms with van der Waals surface area (Å²) in [6, 6.07) is 2.37. The van der Waals surface area contributed by atoms with E-state index >= 15 is 0 Å². The maximum atomic E-state index is 4.15. The van der Waals surface area contributed by atoms with E-state index in [4.69, 9.17) is 0 Å². The minimum Gasteiger partial charge on any atom is -0.366 e. The lowest BCUT2D eigenvalue weighted by molar-refractivity contribution is 0.221. The molecule has 19 heavy (non-hydrogen) atoms. The van der Waals surface area contributed by atoms with Crippen LogP contribution in [0.15, 0.2) is 36.4 Å². The minimum absolute atomic E-state index is 0.715. The number of thiophene rings is 1. The molecular formula is C17H23NS. The highest BCUT2D eigenvalue weighted by Crippen LogP contribution is 2.42. The van der Waals surface area contributed by atoms with Gasteiger partial charge in [0.15, 0.2) is 0 Å². The zero-order chi connectivity index (χ0) is 13.2. The first kappa shape index (κ1) is 13.0. The van der Waals surface area contributed by atoms with Crippen LogP contribution in [0, 0.1) is 5.92 Å². The van der Waals surface area contributed by atoms with Crippen LogP contribution in [-0.2, 0) is 6.54 Å². The van der Waals surface area contributed by atoms with Crippen molar-refractivity contribution in [2.45, 2.75) is 44.6 Å². The average Bonchev–Trinajstić information content (AvgIpc) is 2.94. The smallest absolute Gasteiger partial charge is 0.0525 e. The molecule has 1 atom stereocenters.